The van der Waals surface area contributed by atoms with Crippen LogP contribution in [0.4, 0.5) is 11.5 Å². The average molecular weight is 641 g/mol. The molecule has 1 amide bonds. The number of aromatic nitrogens is 1. The first-order valence-corrected chi connectivity index (χ1v) is 15.9. The summed E-state index contributed by atoms with van der Waals surface area (Å²) in [6.07, 6.45) is 0.137. The molecule has 1 aliphatic heterocycles. The number of pyridine rings is 1. The molecular weight excluding hydrogens is 609 g/mol. The Bertz CT molecular complexity index is 1680. The standard InChI is InChI=1S/C31H31Cl2N5O4S/c1-22-6-5-9-29(35-22)36-16-18-37(19-17-36)30(20-23-10-12-24(13-11-23)31(34)39)43(40,41)38(25-7-3-2-4-8-25)42-26-14-15-27(32)28(33)21-26/h2-15,21,30H,16-20H2,1H3,(H2,34,39). The van der Waals surface area contributed by atoms with E-state index in [2.05, 4.69) is 9.88 Å². The van der Waals surface area contributed by atoms with Crippen LogP contribution < -0.4 is 19.9 Å². The van der Waals surface area contributed by atoms with Gasteiger partial charge in [0, 0.05) is 49.9 Å². The van der Waals surface area contributed by atoms with Crippen LogP contribution in [0.15, 0.2) is 91.0 Å². The van der Waals surface area contributed by atoms with Gasteiger partial charge in [-0.05, 0) is 61.0 Å². The second-order valence-electron chi connectivity index (χ2n) is 10.2. The lowest BCUT2D eigenvalue weighted by Crippen LogP contribution is -2.57. The molecule has 0 bridgehead atoms. The number of carbonyl (C=O) groups is 1. The van der Waals surface area contributed by atoms with E-state index in [0.717, 1.165) is 21.5 Å². The second-order valence-corrected chi connectivity index (χ2v) is 12.9. The van der Waals surface area contributed by atoms with Crippen LogP contribution in [0.5, 0.6) is 5.75 Å². The number of primary amides is 1. The molecule has 2 heterocycles. The summed E-state index contributed by atoms with van der Waals surface area (Å²) >= 11 is 12.3. The van der Waals surface area contributed by atoms with Gasteiger partial charge >= 0.3 is 0 Å². The van der Waals surface area contributed by atoms with E-state index in [4.69, 9.17) is 33.8 Å². The molecule has 1 aromatic heterocycles. The van der Waals surface area contributed by atoms with E-state index in [0.29, 0.717) is 42.5 Å². The van der Waals surface area contributed by atoms with Crippen molar-refractivity contribution in [2.75, 3.05) is 35.5 Å². The molecule has 9 nitrogen and oxygen atoms in total. The maximum Gasteiger partial charge on any atom is 0.282 e. The van der Waals surface area contributed by atoms with Crippen molar-refractivity contribution >= 4 is 50.6 Å². The Hall–Kier alpha value is -3.83. The highest BCUT2D eigenvalue weighted by Crippen LogP contribution is 2.31. The molecule has 0 aliphatic carbocycles. The van der Waals surface area contributed by atoms with Crippen molar-refractivity contribution in [1.82, 2.24) is 9.88 Å². The molecule has 1 unspecified atom stereocenters. The molecule has 3 aromatic carbocycles. The number of sulfonamides is 1. The number of hydrogen-bond acceptors (Lipinski definition) is 7. The van der Waals surface area contributed by atoms with Gasteiger partial charge in [0.15, 0.2) is 5.75 Å². The molecule has 5 rings (SSSR count). The van der Waals surface area contributed by atoms with Gasteiger partial charge in [0.25, 0.3) is 10.0 Å². The molecule has 1 atom stereocenters. The first kappa shape index (κ1) is 30.6. The van der Waals surface area contributed by atoms with Crippen LogP contribution in [0.1, 0.15) is 21.6 Å². The van der Waals surface area contributed by atoms with Crippen molar-refractivity contribution < 1.29 is 18.0 Å². The zero-order chi connectivity index (χ0) is 30.6. The minimum Gasteiger partial charge on any atom is -0.366 e. The van der Waals surface area contributed by atoms with Crippen LogP contribution in [-0.4, -0.2) is 55.8 Å². The Morgan fingerprint density at radius 1 is 0.930 bits per heavy atom. The van der Waals surface area contributed by atoms with Crippen LogP contribution in [0.25, 0.3) is 0 Å². The summed E-state index contributed by atoms with van der Waals surface area (Å²) in [6.45, 7) is 4.05. The van der Waals surface area contributed by atoms with E-state index in [9.17, 15) is 13.2 Å². The maximum atomic E-state index is 14.7. The number of amides is 1. The summed E-state index contributed by atoms with van der Waals surface area (Å²) in [6, 6.07) is 25.7. The number of carbonyl (C=O) groups excluding carboxylic acids is 1. The fraction of sp³-hybridized carbons (Fsp3) is 0.226. The second kappa shape index (κ2) is 13.2. The molecule has 0 spiro atoms. The summed E-state index contributed by atoms with van der Waals surface area (Å²) < 4.78 is 30.3. The third-order valence-corrected chi connectivity index (χ3v) is 9.83. The number of halogens is 2. The van der Waals surface area contributed by atoms with E-state index >= 15 is 0 Å². The number of hydrogen-bond donors (Lipinski definition) is 1. The van der Waals surface area contributed by atoms with Gasteiger partial charge in [-0.1, -0.05) is 64.1 Å². The number of aryl methyl sites for hydroxylation is 1. The summed E-state index contributed by atoms with van der Waals surface area (Å²) in [5, 5.41) is -0.458. The van der Waals surface area contributed by atoms with Crippen molar-refractivity contribution in [1.29, 1.82) is 0 Å². The van der Waals surface area contributed by atoms with Gasteiger partial charge < -0.3 is 15.5 Å². The van der Waals surface area contributed by atoms with Gasteiger partial charge in [0.05, 0.1) is 15.7 Å². The van der Waals surface area contributed by atoms with Crippen molar-refractivity contribution in [3.05, 3.63) is 118 Å². The van der Waals surface area contributed by atoms with Crippen LogP contribution >= 0.6 is 23.2 Å². The molecule has 1 fully saturated rings. The normalized spacial score (nSPS) is 14.7. The van der Waals surface area contributed by atoms with E-state index in [1.54, 1.807) is 66.7 Å². The first-order chi connectivity index (χ1) is 20.6. The Balaban J connectivity index is 1.50. The van der Waals surface area contributed by atoms with Gasteiger partial charge in [0.2, 0.25) is 5.91 Å². The predicted molar refractivity (Wildman–Crippen MR) is 170 cm³/mol. The van der Waals surface area contributed by atoms with Crippen LogP contribution in [0.3, 0.4) is 0 Å². The summed E-state index contributed by atoms with van der Waals surface area (Å²) in [5.74, 6) is 0.513. The average Bonchev–Trinajstić information content (AvgIpc) is 3.01. The van der Waals surface area contributed by atoms with Gasteiger partial charge in [-0.25, -0.2) is 13.4 Å². The zero-order valence-electron chi connectivity index (χ0n) is 23.4. The van der Waals surface area contributed by atoms with Crippen LogP contribution in [0.2, 0.25) is 10.0 Å². The van der Waals surface area contributed by atoms with E-state index in [1.807, 2.05) is 30.0 Å². The van der Waals surface area contributed by atoms with Gasteiger partial charge in [-0.3, -0.25) is 9.69 Å². The Morgan fingerprint density at radius 3 is 2.26 bits per heavy atom. The minimum absolute atomic E-state index is 0.137. The lowest BCUT2D eigenvalue weighted by atomic mass is 10.1. The molecule has 12 heteroatoms. The number of nitrogens with two attached hydrogens (primary N) is 1. The smallest absolute Gasteiger partial charge is 0.282 e. The van der Waals surface area contributed by atoms with Crippen LogP contribution in [-0.2, 0) is 16.4 Å². The van der Waals surface area contributed by atoms with Crippen molar-refractivity contribution in [2.24, 2.45) is 5.73 Å². The number of para-hydroxylation sites is 1. The number of piperazine rings is 1. The summed E-state index contributed by atoms with van der Waals surface area (Å²) in [7, 11) is -4.22. The maximum absolute atomic E-state index is 14.7. The van der Waals surface area contributed by atoms with Crippen molar-refractivity contribution in [3.63, 3.8) is 0 Å². The molecule has 1 saturated heterocycles. The molecule has 4 aromatic rings. The highest BCUT2D eigenvalue weighted by molar-refractivity contribution is 7.93. The molecule has 1 aliphatic rings. The first-order valence-electron chi connectivity index (χ1n) is 13.7. The molecule has 0 radical (unpaired) electrons. The third-order valence-electron chi connectivity index (χ3n) is 7.19. The Morgan fingerprint density at radius 2 is 1.63 bits per heavy atom. The highest BCUT2D eigenvalue weighted by atomic mass is 35.5. The lowest BCUT2D eigenvalue weighted by Gasteiger charge is -2.40. The van der Waals surface area contributed by atoms with E-state index in [-0.39, 0.29) is 17.2 Å². The summed E-state index contributed by atoms with van der Waals surface area (Å²) in [4.78, 5) is 26.4. The molecular formula is C31H31Cl2N5O4S. The van der Waals surface area contributed by atoms with Crippen LogP contribution in [0, 0.1) is 6.92 Å². The molecule has 0 saturated carbocycles. The fourth-order valence-corrected chi connectivity index (χ4v) is 7.02. The largest absolute Gasteiger partial charge is 0.366 e. The molecule has 43 heavy (non-hydrogen) atoms. The monoisotopic (exact) mass is 639 g/mol. The number of nitrogens with zero attached hydrogens (tertiary/aromatic N) is 4. The van der Waals surface area contributed by atoms with Crippen molar-refractivity contribution in [3.8, 4) is 5.75 Å². The summed E-state index contributed by atoms with van der Waals surface area (Å²) in [5.41, 5.74) is 7.73. The lowest BCUT2D eigenvalue weighted by molar-refractivity contribution is 0.1000. The topological polar surface area (TPSA) is 109 Å². The number of benzene rings is 3. The van der Waals surface area contributed by atoms with Gasteiger partial charge in [0.1, 0.15) is 11.2 Å². The van der Waals surface area contributed by atoms with E-state index in [1.165, 1.54) is 6.07 Å². The quantitative estimate of drug-likeness (QED) is 0.234. The van der Waals surface area contributed by atoms with Crippen molar-refractivity contribution in [2.45, 2.75) is 18.7 Å². The van der Waals surface area contributed by atoms with E-state index < -0.39 is 21.3 Å². The molecule has 2 N–H and O–H groups in total. The Kier molecular flexibility index (Phi) is 9.41. The SMILES string of the molecule is Cc1cccc(N2CCN(C(Cc3ccc(C(N)=O)cc3)S(=O)(=O)N(Oc3ccc(Cl)c(Cl)c3)c3ccccc3)CC2)n1. The minimum atomic E-state index is -4.22. The Labute approximate surface area is 261 Å². The third kappa shape index (κ3) is 7.22. The van der Waals surface area contributed by atoms with Gasteiger partial charge in [-0.15, -0.1) is 0 Å². The van der Waals surface area contributed by atoms with Gasteiger partial charge in [-0.2, -0.15) is 0 Å². The fourth-order valence-electron chi connectivity index (χ4n) is 4.91. The molecule has 224 valence electrons. The predicted octanol–water partition coefficient (Wildman–Crippen LogP) is 5.32. The number of rotatable bonds is 10. The number of anilines is 2. The highest BCUT2D eigenvalue weighted by Gasteiger charge is 2.40. The zero-order valence-corrected chi connectivity index (χ0v) is 25.8.